The van der Waals surface area contributed by atoms with E-state index in [-0.39, 0.29) is 12.6 Å². The molecule has 0 saturated carbocycles. The molecular weight excluding hydrogens is 288 g/mol. The Morgan fingerprint density at radius 3 is 2.57 bits per heavy atom. The molecule has 0 unspecified atom stereocenters. The molecule has 21 heavy (non-hydrogen) atoms. The minimum Gasteiger partial charge on any atom is -0.462 e. The molecule has 4 heteroatoms. The third kappa shape index (κ3) is 4.31. The normalized spacial score (nSPS) is 12.0. The van der Waals surface area contributed by atoms with Gasteiger partial charge in [0.2, 0.25) is 0 Å². The number of halogens is 1. The van der Waals surface area contributed by atoms with Crippen LogP contribution in [-0.4, -0.2) is 17.7 Å². The van der Waals surface area contributed by atoms with Gasteiger partial charge in [-0.25, -0.2) is 4.79 Å². The summed E-state index contributed by atoms with van der Waals surface area (Å²) in [5, 5.41) is 10.0. The van der Waals surface area contributed by atoms with Gasteiger partial charge in [-0.1, -0.05) is 41.9 Å². The van der Waals surface area contributed by atoms with Crippen LogP contribution in [0.15, 0.2) is 48.5 Å². The van der Waals surface area contributed by atoms with Crippen molar-refractivity contribution in [2.24, 2.45) is 0 Å². The highest BCUT2D eigenvalue weighted by molar-refractivity contribution is 6.31. The van der Waals surface area contributed by atoms with Crippen molar-refractivity contribution >= 4 is 17.6 Å². The Morgan fingerprint density at radius 2 is 1.95 bits per heavy atom. The van der Waals surface area contributed by atoms with Crippen LogP contribution in [0.4, 0.5) is 0 Å². The quantitative estimate of drug-likeness (QED) is 0.855. The van der Waals surface area contributed by atoms with Crippen LogP contribution in [0.25, 0.3) is 0 Å². The zero-order valence-electron chi connectivity index (χ0n) is 11.8. The van der Waals surface area contributed by atoms with Crippen molar-refractivity contribution in [2.75, 3.05) is 6.61 Å². The van der Waals surface area contributed by atoms with E-state index in [9.17, 15) is 9.90 Å². The fourth-order valence-corrected chi connectivity index (χ4v) is 2.35. The first-order chi connectivity index (χ1) is 10.1. The fraction of sp³-hybridized carbons (Fsp3) is 0.235. The average molecular weight is 305 g/mol. The van der Waals surface area contributed by atoms with E-state index in [1.165, 1.54) is 0 Å². The van der Waals surface area contributed by atoms with Gasteiger partial charge in [0.15, 0.2) is 0 Å². The first-order valence-corrected chi connectivity index (χ1v) is 7.14. The summed E-state index contributed by atoms with van der Waals surface area (Å²) >= 11 is 6.09. The predicted octanol–water partition coefficient (Wildman–Crippen LogP) is 3.79. The van der Waals surface area contributed by atoms with Crippen molar-refractivity contribution in [3.05, 3.63) is 70.2 Å². The zero-order chi connectivity index (χ0) is 15.2. The smallest absolute Gasteiger partial charge is 0.338 e. The molecule has 1 N–H and O–H groups in total. The van der Waals surface area contributed by atoms with Crippen LogP contribution in [0.1, 0.15) is 34.5 Å². The van der Waals surface area contributed by atoms with Gasteiger partial charge in [0.05, 0.1) is 18.3 Å². The molecule has 0 aliphatic heterocycles. The van der Waals surface area contributed by atoms with Crippen molar-refractivity contribution in [3.8, 4) is 0 Å². The van der Waals surface area contributed by atoms with Gasteiger partial charge in [0, 0.05) is 11.4 Å². The number of benzene rings is 2. The van der Waals surface area contributed by atoms with Gasteiger partial charge in [0.25, 0.3) is 0 Å². The highest BCUT2D eigenvalue weighted by atomic mass is 35.5. The molecule has 0 aliphatic carbocycles. The van der Waals surface area contributed by atoms with Crippen LogP contribution in [0, 0.1) is 0 Å². The Labute approximate surface area is 129 Å². The number of aliphatic hydroxyl groups excluding tert-OH is 1. The molecule has 0 saturated heterocycles. The second-order valence-corrected chi connectivity index (χ2v) is 5.19. The van der Waals surface area contributed by atoms with Crippen LogP contribution in [0.2, 0.25) is 5.02 Å². The van der Waals surface area contributed by atoms with Crippen LogP contribution >= 0.6 is 11.6 Å². The SMILES string of the molecule is C[C@H](O)c1ccc(CCOC(=O)c2ccccc2)cc1Cl. The lowest BCUT2D eigenvalue weighted by atomic mass is 10.1. The van der Waals surface area contributed by atoms with Gasteiger partial charge in [-0.05, 0) is 36.2 Å². The number of aliphatic hydroxyl groups is 1. The van der Waals surface area contributed by atoms with Crippen molar-refractivity contribution < 1.29 is 14.6 Å². The molecule has 0 radical (unpaired) electrons. The number of hydrogen-bond acceptors (Lipinski definition) is 3. The minimum atomic E-state index is -0.595. The van der Waals surface area contributed by atoms with E-state index in [0.717, 1.165) is 5.56 Å². The second-order valence-electron chi connectivity index (χ2n) is 4.78. The number of carbonyl (C=O) groups is 1. The minimum absolute atomic E-state index is 0.290. The van der Waals surface area contributed by atoms with Crippen molar-refractivity contribution in [3.63, 3.8) is 0 Å². The molecule has 0 heterocycles. The summed E-state index contributed by atoms with van der Waals surface area (Å²) in [5.41, 5.74) is 2.20. The molecule has 110 valence electrons. The maximum absolute atomic E-state index is 11.8. The first-order valence-electron chi connectivity index (χ1n) is 6.76. The van der Waals surface area contributed by atoms with Gasteiger partial charge >= 0.3 is 5.97 Å². The molecule has 0 amide bonds. The standard InChI is InChI=1S/C17H17ClO3/c1-12(19)15-8-7-13(11-16(15)18)9-10-21-17(20)14-5-3-2-4-6-14/h2-8,11-12,19H,9-10H2,1H3/t12-/m0/s1. The summed E-state index contributed by atoms with van der Waals surface area (Å²) in [6.45, 7) is 1.96. The molecule has 0 spiro atoms. The lowest BCUT2D eigenvalue weighted by Crippen LogP contribution is -2.08. The Morgan fingerprint density at radius 1 is 1.24 bits per heavy atom. The summed E-state index contributed by atoms with van der Waals surface area (Å²) in [4.78, 5) is 11.8. The Balaban J connectivity index is 1.89. The largest absolute Gasteiger partial charge is 0.462 e. The van der Waals surface area contributed by atoms with Crippen molar-refractivity contribution in [2.45, 2.75) is 19.4 Å². The third-order valence-corrected chi connectivity index (χ3v) is 3.48. The maximum atomic E-state index is 11.8. The average Bonchev–Trinajstić information content (AvgIpc) is 2.47. The van der Waals surface area contributed by atoms with Gasteiger partial charge in [0.1, 0.15) is 0 Å². The summed E-state index contributed by atoms with van der Waals surface area (Å²) in [5.74, 6) is -0.331. The summed E-state index contributed by atoms with van der Waals surface area (Å²) < 4.78 is 5.22. The Hall–Kier alpha value is -1.84. The number of hydrogen-bond donors (Lipinski definition) is 1. The lowest BCUT2D eigenvalue weighted by molar-refractivity contribution is 0.0509. The van der Waals surface area contributed by atoms with Gasteiger partial charge in [-0.3, -0.25) is 0 Å². The molecular formula is C17H17ClO3. The highest BCUT2D eigenvalue weighted by Gasteiger charge is 2.08. The summed E-state index contributed by atoms with van der Waals surface area (Å²) in [7, 11) is 0. The molecule has 0 aliphatic rings. The van der Waals surface area contributed by atoms with Gasteiger partial charge in [-0.15, -0.1) is 0 Å². The summed E-state index contributed by atoms with van der Waals surface area (Å²) in [6.07, 6.45) is -0.0132. The van der Waals surface area contributed by atoms with E-state index in [4.69, 9.17) is 16.3 Å². The molecule has 2 aromatic carbocycles. The van der Waals surface area contributed by atoms with Crippen molar-refractivity contribution in [1.82, 2.24) is 0 Å². The molecule has 0 bridgehead atoms. The van der Waals surface area contributed by atoms with E-state index >= 15 is 0 Å². The van der Waals surface area contributed by atoms with Crippen molar-refractivity contribution in [1.29, 1.82) is 0 Å². The van der Waals surface area contributed by atoms with E-state index < -0.39 is 6.10 Å². The number of carbonyl (C=O) groups excluding carboxylic acids is 1. The molecule has 0 aromatic heterocycles. The monoisotopic (exact) mass is 304 g/mol. The lowest BCUT2D eigenvalue weighted by Gasteiger charge is -2.10. The van der Waals surface area contributed by atoms with Gasteiger partial charge < -0.3 is 9.84 Å². The number of esters is 1. The van der Waals surface area contributed by atoms with Crippen LogP contribution in [0.3, 0.4) is 0 Å². The van der Waals surface area contributed by atoms with E-state index in [0.29, 0.717) is 22.6 Å². The topological polar surface area (TPSA) is 46.5 Å². The van der Waals surface area contributed by atoms with E-state index in [2.05, 4.69) is 0 Å². The molecule has 2 rings (SSSR count). The second kappa shape index (κ2) is 7.25. The maximum Gasteiger partial charge on any atom is 0.338 e. The highest BCUT2D eigenvalue weighted by Crippen LogP contribution is 2.24. The van der Waals surface area contributed by atoms with E-state index in [1.54, 1.807) is 43.3 Å². The number of ether oxygens (including phenoxy) is 1. The predicted molar refractivity (Wildman–Crippen MR) is 82.5 cm³/mol. The fourth-order valence-electron chi connectivity index (χ4n) is 1.98. The van der Waals surface area contributed by atoms with E-state index in [1.807, 2.05) is 12.1 Å². The summed E-state index contributed by atoms with van der Waals surface area (Å²) in [6, 6.07) is 14.3. The van der Waals surface area contributed by atoms with Crippen LogP contribution in [0.5, 0.6) is 0 Å². The molecule has 0 fully saturated rings. The molecule has 2 aromatic rings. The molecule has 1 atom stereocenters. The zero-order valence-corrected chi connectivity index (χ0v) is 12.5. The van der Waals surface area contributed by atoms with Crippen LogP contribution in [-0.2, 0) is 11.2 Å². The van der Waals surface area contributed by atoms with Crippen LogP contribution < -0.4 is 0 Å². The third-order valence-electron chi connectivity index (χ3n) is 3.15. The number of rotatable bonds is 5. The Kier molecular flexibility index (Phi) is 5.37. The van der Waals surface area contributed by atoms with Gasteiger partial charge in [-0.2, -0.15) is 0 Å². The Bertz CT molecular complexity index is 609. The first kappa shape index (κ1) is 15.5. The molecule has 3 nitrogen and oxygen atoms in total.